The van der Waals surface area contributed by atoms with Crippen LogP contribution < -0.4 is 4.74 Å². The van der Waals surface area contributed by atoms with Crippen LogP contribution in [0, 0.1) is 0 Å². The minimum absolute atomic E-state index is 0.0929. The molecule has 0 saturated heterocycles. The predicted molar refractivity (Wildman–Crippen MR) is 54.9 cm³/mol. The smallest absolute Gasteiger partial charge is 0.352 e. The Morgan fingerprint density at radius 2 is 2.12 bits per heavy atom. The number of benzene rings is 1. The molecule has 0 radical (unpaired) electrons. The molecule has 1 aromatic rings. The monoisotopic (exact) mass is 228 g/mol. The van der Waals surface area contributed by atoms with Gasteiger partial charge in [0.25, 0.3) is 0 Å². The zero-order valence-electron chi connectivity index (χ0n) is 9.10. The van der Waals surface area contributed by atoms with Crippen LogP contribution in [0.15, 0.2) is 24.3 Å². The van der Waals surface area contributed by atoms with Crippen molar-refractivity contribution in [2.45, 2.75) is 13.5 Å². The standard InChI is InChI=1S/C11H13FO4/c1-3-15-10(13)8-6-4-5-7-9(8)16-11(12)14-2/h4-7,11H,3H2,1-2H3. The minimum Gasteiger partial charge on any atom is -0.462 e. The van der Waals surface area contributed by atoms with Crippen molar-refractivity contribution in [3.05, 3.63) is 29.8 Å². The highest BCUT2D eigenvalue weighted by Crippen LogP contribution is 2.20. The number of hydrogen-bond donors (Lipinski definition) is 0. The van der Waals surface area contributed by atoms with Gasteiger partial charge < -0.3 is 14.2 Å². The van der Waals surface area contributed by atoms with Gasteiger partial charge in [-0.2, -0.15) is 4.39 Å². The van der Waals surface area contributed by atoms with Gasteiger partial charge in [0.2, 0.25) is 0 Å². The van der Waals surface area contributed by atoms with E-state index < -0.39 is 12.5 Å². The number of rotatable bonds is 5. The highest BCUT2D eigenvalue weighted by Gasteiger charge is 2.15. The van der Waals surface area contributed by atoms with Gasteiger partial charge in [-0.3, -0.25) is 0 Å². The van der Waals surface area contributed by atoms with Gasteiger partial charge in [-0.05, 0) is 19.1 Å². The van der Waals surface area contributed by atoms with E-state index in [1.54, 1.807) is 19.1 Å². The molecule has 5 heteroatoms. The van der Waals surface area contributed by atoms with Crippen LogP contribution >= 0.6 is 0 Å². The highest BCUT2D eigenvalue weighted by atomic mass is 19.2. The molecule has 0 aromatic heterocycles. The highest BCUT2D eigenvalue weighted by molar-refractivity contribution is 5.92. The molecule has 0 aliphatic heterocycles. The molecular formula is C11H13FO4. The summed E-state index contributed by atoms with van der Waals surface area (Å²) in [7, 11) is 1.16. The molecule has 88 valence electrons. The first-order valence-corrected chi connectivity index (χ1v) is 4.78. The molecule has 1 atom stereocenters. The molecule has 0 amide bonds. The Balaban J connectivity index is 2.87. The van der Waals surface area contributed by atoms with Crippen LogP contribution in [0.4, 0.5) is 4.39 Å². The Kier molecular flexibility index (Phi) is 4.72. The van der Waals surface area contributed by atoms with Crippen LogP contribution in [0.3, 0.4) is 0 Å². The van der Waals surface area contributed by atoms with E-state index in [1.165, 1.54) is 12.1 Å². The van der Waals surface area contributed by atoms with Gasteiger partial charge in [0.1, 0.15) is 11.3 Å². The maximum Gasteiger partial charge on any atom is 0.352 e. The molecule has 1 unspecified atom stereocenters. The summed E-state index contributed by atoms with van der Waals surface area (Å²) in [4.78, 5) is 11.5. The average molecular weight is 228 g/mol. The Morgan fingerprint density at radius 1 is 1.44 bits per heavy atom. The van der Waals surface area contributed by atoms with Gasteiger partial charge >= 0.3 is 12.5 Å². The second-order valence-corrected chi connectivity index (χ2v) is 2.84. The number of esters is 1. The maximum atomic E-state index is 12.9. The third-order valence-electron chi connectivity index (χ3n) is 1.79. The van der Waals surface area contributed by atoms with Crippen LogP contribution in [0.5, 0.6) is 5.75 Å². The third-order valence-corrected chi connectivity index (χ3v) is 1.79. The van der Waals surface area contributed by atoms with Crippen molar-refractivity contribution in [3.63, 3.8) is 0 Å². The lowest BCUT2D eigenvalue weighted by molar-refractivity contribution is -0.145. The summed E-state index contributed by atoms with van der Waals surface area (Å²) in [5.74, 6) is -0.461. The number of alkyl halides is 1. The Bertz CT molecular complexity index is 354. The van der Waals surface area contributed by atoms with Crippen LogP contribution in [-0.2, 0) is 9.47 Å². The number of hydrogen-bond acceptors (Lipinski definition) is 4. The van der Waals surface area contributed by atoms with Crippen molar-refractivity contribution < 1.29 is 23.4 Å². The fraction of sp³-hybridized carbons (Fsp3) is 0.364. The van der Waals surface area contributed by atoms with E-state index in [0.717, 1.165) is 7.11 Å². The summed E-state index contributed by atoms with van der Waals surface area (Å²) >= 11 is 0. The number of para-hydroxylation sites is 1. The van der Waals surface area contributed by atoms with Crippen molar-refractivity contribution >= 4 is 5.97 Å². The number of ether oxygens (including phenoxy) is 3. The number of carbonyl (C=O) groups is 1. The summed E-state index contributed by atoms with van der Waals surface area (Å²) in [5, 5.41) is 0. The normalized spacial score (nSPS) is 11.9. The van der Waals surface area contributed by atoms with E-state index in [2.05, 4.69) is 4.74 Å². The fourth-order valence-electron chi connectivity index (χ4n) is 1.09. The van der Waals surface area contributed by atoms with Crippen molar-refractivity contribution in [2.75, 3.05) is 13.7 Å². The first-order chi connectivity index (χ1) is 7.69. The summed E-state index contributed by atoms with van der Waals surface area (Å²) in [6.07, 6.45) is 0. The van der Waals surface area contributed by atoms with Crippen molar-refractivity contribution in [1.82, 2.24) is 0 Å². The predicted octanol–water partition coefficient (Wildman–Crippen LogP) is 2.14. The van der Waals surface area contributed by atoms with Crippen molar-refractivity contribution in [1.29, 1.82) is 0 Å². The molecule has 1 rings (SSSR count). The van der Waals surface area contributed by atoms with Crippen LogP contribution in [-0.4, -0.2) is 26.2 Å². The van der Waals surface area contributed by atoms with E-state index in [-0.39, 0.29) is 17.9 Å². The lowest BCUT2D eigenvalue weighted by atomic mass is 10.2. The van der Waals surface area contributed by atoms with Crippen LogP contribution in [0.1, 0.15) is 17.3 Å². The molecule has 0 aliphatic carbocycles. The number of halogens is 1. The van der Waals surface area contributed by atoms with Gasteiger partial charge in [0.05, 0.1) is 6.61 Å². The zero-order chi connectivity index (χ0) is 12.0. The molecule has 1 aromatic carbocycles. The van der Waals surface area contributed by atoms with Crippen molar-refractivity contribution in [2.24, 2.45) is 0 Å². The molecule has 0 heterocycles. The largest absolute Gasteiger partial charge is 0.462 e. The third kappa shape index (κ3) is 3.20. The van der Waals surface area contributed by atoms with Gasteiger partial charge in [-0.25, -0.2) is 4.79 Å². The second kappa shape index (κ2) is 6.07. The summed E-state index contributed by atoms with van der Waals surface area (Å²) in [5.41, 5.74) is 0.170. The molecule has 16 heavy (non-hydrogen) atoms. The fourth-order valence-corrected chi connectivity index (χ4v) is 1.09. The van der Waals surface area contributed by atoms with Gasteiger partial charge in [-0.1, -0.05) is 12.1 Å². The Labute approximate surface area is 92.9 Å². The van der Waals surface area contributed by atoms with Crippen LogP contribution in [0.2, 0.25) is 0 Å². The maximum absolute atomic E-state index is 12.9. The average Bonchev–Trinajstić information content (AvgIpc) is 2.30. The van der Waals surface area contributed by atoms with E-state index >= 15 is 0 Å². The van der Waals surface area contributed by atoms with E-state index in [0.29, 0.717) is 0 Å². The molecule has 0 aliphatic rings. The SMILES string of the molecule is CCOC(=O)c1ccccc1OC(F)OC. The number of methoxy groups -OCH3 is 1. The van der Waals surface area contributed by atoms with Crippen LogP contribution in [0.25, 0.3) is 0 Å². The van der Waals surface area contributed by atoms with E-state index in [1.807, 2.05) is 0 Å². The first-order valence-electron chi connectivity index (χ1n) is 4.78. The van der Waals surface area contributed by atoms with Crippen molar-refractivity contribution in [3.8, 4) is 5.75 Å². The minimum atomic E-state index is -1.91. The topological polar surface area (TPSA) is 44.8 Å². The van der Waals surface area contributed by atoms with Gasteiger partial charge in [0, 0.05) is 7.11 Å². The quantitative estimate of drug-likeness (QED) is 0.572. The summed E-state index contributed by atoms with van der Waals surface area (Å²) in [6.45, 7) is 0.0286. The zero-order valence-corrected chi connectivity index (χ0v) is 9.10. The Morgan fingerprint density at radius 3 is 2.75 bits per heavy atom. The molecule has 0 spiro atoms. The number of carbonyl (C=O) groups excluding carboxylic acids is 1. The molecule has 0 N–H and O–H groups in total. The Hall–Kier alpha value is -1.62. The molecule has 4 nitrogen and oxygen atoms in total. The van der Waals surface area contributed by atoms with E-state index in [4.69, 9.17) is 9.47 Å². The molecular weight excluding hydrogens is 215 g/mol. The molecule has 0 bridgehead atoms. The summed E-state index contributed by atoms with van der Waals surface area (Å²) in [6, 6.07) is 6.23. The first kappa shape index (κ1) is 12.4. The lowest BCUT2D eigenvalue weighted by Gasteiger charge is -2.12. The lowest BCUT2D eigenvalue weighted by Crippen LogP contribution is -2.15. The molecule has 0 fully saturated rings. The van der Waals surface area contributed by atoms with Gasteiger partial charge in [-0.15, -0.1) is 0 Å². The summed E-state index contributed by atoms with van der Waals surface area (Å²) < 4.78 is 26.7. The van der Waals surface area contributed by atoms with E-state index in [9.17, 15) is 9.18 Å². The van der Waals surface area contributed by atoms with Gasteiger partial charge in [0.15, 0.2) is 0 Å². The second-order valence-electron chi connectivity index (χ2n) is 2.84. The molecule has 0 saturated carbocycles.